The third kappa shape index (κ3) is 5.72. The lowest BCUT2D eigenvalue weighted by molar-refractivity contribution is -0.116. The van der Waals surface area contributed by atoms with Crippen LogP contribution in [0.1, 0.15) is 17.4 Å². The van der Waals surface area contributed by atoms with Crippen LogP contribution in [-0.4, -0.2) is 38.1 Å². The number of amides is 1. The molecule has 0 aliphatic carbocycles. The average molecular weight is 350 g/mol. The molecular weight excluding hydrogens is 330 g/mol. The molecule has 1 aromatic carbocycles. The van der Waals surface area contributed by atoms with E-state index in [1.807, 2.05) is 25.1 Å². The van der Waals surface area contributed by atoms with Crippen LogP contribution in [0, 0.1) is 0 Å². The fraction of sp³-hybridized carbons (Fsp3) is 0.278. The van der Waals surface area contributed by atoms with E-state index in [-0.39, 0.29) is 17.7 Å². The minimum atomic E-state index is -2.92. The first-order valence-corrected chi connectivity index (χ1v) is 7.67. The largest absolute Gasteiger partial charge is 0.468 e. The minimum absolute atomic E-state index is 0.0169. The van der Waals surface area contributed by atoms with E-state index >= 15 is 0 Å². The van der Waals surface area contributed by atoms with Gasteiger partial charge in [-0.05, 0) is 38.4 Å². The summed E-state index contributed by atoms with van der Waals surface area (Å²) in [7, 11) is 3.76. The molecule has 25 heavy (non-hydrogen) atoms. The summed E-state index contributed by atoms with van der Waals surface area (Å²) in [6, 6.07) is 9.78. The summed E-state index contributed by atoms with van der Waals surface area (Å²) in [6.45, 7) is -2.57. The van der Waals surface area contributed by atoms with Crippen LogP contribution in [0.4, 0.5) is 8.78 Å². The van der Waals surface area contributed by atoms with Gasteiger partial charge in [-0.15, -0.1) is 0 Å². The number of rotatable bonds is 8. The fourth-order valence-electron chi connectivity index (χ4n) is 2.26. The second kappa shape index (κ2) is 8.98. The standard InChI is InChI=1S/C18H20F2N2O3/c1-22(2)14(16-8-5-11-24-16)12-21-17(23)10-9-13-6-3-4-7-15(13)25-18(19)20/h3-11,14,18H,12H2,1-2H3,(H,21,23)/b10-9+. The van der Waals surface area contributed by atoms with Gasteiger partial charge in [-0.25, -0.2) is 0 Å². The molecule has 0 aliphatic heterocycles. The van der Waals surface area contributed by atoms with E-state index in [0.717, 1.165) is 5.76 Å². The predicted octanol–water partition coefficient (Wildman–Crippen LogP) is 3.31. The molecule has 1 amide bonds. The molecule has 1 aromatic heterocycles. The Balaban J connectivity index is 1.97. The van der Waals surface area contributed by atoms with Gasteiger partial charge < -0.3 is 14.5 Å². The third-order valence-corrected chi connectivity index (χ3v) is 3.51. The molecule has 1 N–H and O–H groups in total. The minimum Gasteiger partial charge on any atom is -0.468 e. The zero-order chi connectivity index (χ0) is 18.2. The van der Waals surface area contributed by atoms with Crippen molar-refractivity contribution in [1.82, 2.24) is 10.2 Å². The Bertz CT molecular complexity index is 700. The third-order valence-electron chi connectivity index (χ3n) is 3.51. The number of carbonyl (C=O) groups excluding carboxylic acids is 1. The van der Waals surface area contributed by atoms with Gasteiger partial charge in [-0.3, -0.25) is 9.69 Å². The molecule has 0 bridgehead atoms. The molecular formula is C18H20F2N2O3. The van der Waals surface area contributed by atoms with E-state index in [2.05, 4.69) is 10.1 Å². The normalized spacial score (nSPS) is 12.7. The number of benzene rings is 1. The first-order chi connectivity index (χ1) is 12.0. The average Bonchev–Trinajstić information content (AvgIpc) is 3.07. The van der Waals surface area contributed by atoms with Gasteiger partial charge in [0, 0.05) is 18.2 Å². The van der Waals surface area contributed by atoms with E-state index in [0.29, 0.717) is 12.1 Å². The zero-order valence-corrected chi connectivity index (χ0v) is 14.0. The zero-order valence-electron chi connectivity index (χ0n) is 14.0. The highest BCUT2D eigenvalue weighted by molar-refractivity contribution is 5.92. The number of hydrogen-bond donors (Lipinski definition) is 1. The number of nitrogens with one attached hydrogen (secondary N) is 1. The number of ether oxygens (including phenoxy) is 1. The van der Waals surface area contributed by atoms with Gasteiger partial charge in [0.1, 0.15) is 11.5 Å². The van der Waals surface area contributed by atoms with E-state index in [1.165, 1.54) is 18.2 Å². The quantitative estimate of drug-likeness (QED) is 0.742. The van der Waals surface area contributed by atoms with Crippen LogP contribution in [0.5, 0.6) is 5.75 Å². The number of likely N-dealkylation sites (N-methyl/N-ethyl adjacent to an activating group) is 1. The number of nitrogens with zero attached hydrogens (tertiary/aromatic N) is 1. The molecule has 0 spiro atoms. The molecule has 2 aromatic rings. The molecule has 2 rings (SSSR count). The number of halogens is 2. The molecule has 134 valence electrons. The van der Waals surface area contributed by atoms with Crippen LogP contribution in [0.15, 0.2) is 53.2 Å². The molecule has 1 atom stereocenters. The van der Waals surface area contributed by atoms with Crippen molar-refractivity contribution in [3.8, 4) is 5.75 Å². The van der Waals surface area contributed by atoms with Gasteiger partial charge in [-0.2, -0.15) is 8.78 Å². The van der Waals surface area contributed by atoms with Crippen molar-refractivity contribution >= 4 is 12.0 Å². The molecule has 0 saturated carbocycles. The van der Waals surface area contributed by atoms with Crippen molar-refractivity contribution in [2.75, 3.05) is 20.6 Å². The smallest absolute Gasteiger partial charge is 0.387 e. The van der Waals surface area contributed by atoms with Crippen LogP contribution < -0.4 is 10.1 Å². The molecule has 0 aliphatic rings. The van der Waals surface area contributed by atoms with Crippen LogP contribution in [0.2, 0.25) is 0 Å². The predicted molar refractivity (Wildman–Crippen MR) is 90.3 cm³/mol. The highest BCUT2D eigenvalue weighted by Crippen LogP contribution is 2.21. The summed E-state index contributed by atoms with van der Waals surface area (Å²) in [5.74, 6) is 0.415. The number of alkyl halides is 2. The summed E-state index contributed by atoms with van der Waals surface area (Å²) >= 11 is 0. The van der Waals surface area contributed by atoms with Crippen molar-refractivity contribution in [3.05, 3.63) is 60.1 Å². The molecule has 0 fully saturated rings. The maximum Gasteiger partial charge on any atom is 0.387 e. The summed E-state index contributed by atoms with van der Waals surface area (Å²) < 4.78 is 34.6. The van der Waals surface area contributed by atoms with Crippen LogP contribution in [-0.2, 0) is 4.79 Å². The summed E-state index contributed by atoms with van der Waals surface area (Å²) in [4.78, 5) is 13.9. The Morgan fingerprint density at radius 1 is 1.28 bits per heavy atom. The van der Waals surface area contributed by atoms with Gasteiger partial charge in [0.05, 0.1) is 12.3 Å². The molecule has 1 unspecified atom stereocenters. The first-order valence-electron chi connectivity index (χ1n) is 7.67. The summed E-state index contributed by atoms with van der Waals surface area (Å²) in [5.41, 5.74) is 0.396. The van der Waals surface area contributed by atoms with Crippen molar-refractivity contribution < 1.29 is 22.7 Å². The topological polar surface area (TPSA) is 54.7 Å². The SMILES string of the molecule is CN(C)C(CNC(=O)/C=C/c1ccccc1OC(F)F)c1ccco1. The van der Waals surface area contributed by atoms with Crippen LogP contribution in [0.3, 0.4) is 0 Å². The number of furan rings is 1. The van der Waals surface area contributed by atoms with E-state index in [1.54, 1.807) is 30.5 Å². The molecule has 1 heterocycles. The maximum atomic E-state index is 12.4. The highest BCUT2D eigenvalue weighted by Gasteiger charge is 2.17. The second-order valence-corrected chi connectivity index (χ2v) is 5.49. The van der Waals surface area contributed by atoms with Crippen LogP contribution >= 0.6 is 0 Å². The van der Waals surface area contributed by atoms with Gasteiger partial charge in [-0.1, -0.05) is 18.2 Å². The number of hydrogen-bond acceptors (Lipinski definition) is 4. The van der Waals surface area contributed by atoms with E-state index < -0.39 is 6.61 Å². The van der Waals surface area contributed by atoms with Gasteiger partial charge in [0.25, 0.3) is 0 Å². The Morgan fingerprint density at radius 3 is 2.68 bits per heavy atom. The highest BCUT2D eigenvalue weighted by atomic mass is 19.3. The molecule has 5 nitrogen and oxygen atoms in total. The van der Waals surface area contributed by atoms with Gasteiger partial charge in [0.15, 0.2) is 0 Å². The fourth-order valence-corrected chi connectivity index (χ4v) is 2.26. The monoisotopic (exact) mass is 350 g/mol. The van der Waals surface area contributed by atoms with Gasteiger partial charge >= 0.3 is 6.61 Å². The second-order valence-electron chi connectivity index (χ2n) is 5.49. The van der Waals surface area contributed by atoms with Crippen molar-refractivity contribution in [2.24, 2.45) is 0 Å². The Hall–Kier alpha value is -2.67. The van der Waals surface area contributed by atoms with Crippen molar-refractivity contribution in [3.63, 3.8) is 0 Å². The Morgan fingerprint density at radius 2 is 2.04 bits per heavy atom. The van der Waals surface area contributed by atoms with Crippen LogP contribution in [0.25, 0.3) is 6.08 Å². The van der Waals surface area contributed by atoms with E-state index in [4.69, 9.17) is 4.42 Å². The van der Waals surface area contributed by atoms with Crippen molar-refractivity contribution in [2.45, 2.75) is 12.7 Å². The lowest BCUT2D eigenvalue weighted by Crippen LogP contribution is -2.33. The lowest BCUT2D eigenvalue weighted by Gasteiger charge is -2.22. The first kappa shape index (κ1) is 18.7. The number of para-hydroxylation sites is 1. The van der Waals surface area contributed by atoms with E-state index in [9.17, 15) is 13.6 Å². The Labute approximate surface area is 144 Å². The van der Waals surface area contributed by atoms with Crippen molar-refractivity contribution in [1.29, 1.82) is 0 Å². The summed E-state index contributed by atoms with van der Waals surface area (Å²) in [6.07, 6.45) is 4.29. The number of carbonyl (C=O) groups is 1. The molecule has 0 radical (unpaired) electrons. The van der Waals surface area contributed by atoms with Gasteiger partial charge in [0.2, 0.25) is 5.91 Å². The molecule has 7 heteroatoms. The summed E-state index contributed by atoms with van der Waals surface area (Å²) in [5, 5.41) is 2.77. The lowest BCUT2D eigenvalue weighted by atomic mass is 10.2. The Kier molecular flexibility index (Phi) is 6.71. The maximum absolute atomic E-state index is 12.4. The molecule has 0 saturated heterocycles.